The number of nitrogens with zero attached hydrogens (tertiary/aromatic N) is 1. The first-order chi connectivity index (χ1) is 12.0. The lowest BCUT2D eigenvalue weighted by atomic mass is 9.86. The highest BCUT2D eigenvalue weighted by Crippen LogP contribution is 2.23. The minimum absolute atomic E-state index is 0.0588. The van der Waals surface area contributed by atoms with Gasteiger partial charge in [-0.3, -0.25) is 14.9 Å². The molecule has 2 atom stereocenters. The number of hydrogen-bond donors (Lipinski definition) is 1. The normalized spacial score (nSPS) is 20.2. The quantitative estimate of drug-likeness (QED) is 0.370. The Labute approximate surface area is 146 Å². The number of esters is 1. The standard InChI is InChI=1S/C18H22N2O5/c1-13-5-2-3-8-16(13)19-17(21)12-25-18(22)10-9-14-6-4-7-15(11-14)20(23)24/h4,6-7,9-11,13,16H,2-3,5,8,12H2,1H3,(H,19,21)/b10-9+/t13-,16-/m1/s1. The predicted molar refractivity (Wildman–Crippen MR) is 92.7 cm³/mol. The Morgan fingerprint density at radius 3 is 2.84 bits per heavy atom. The number of carbonyl (C=O) groups is 2. The Morgan fingerprint density at radius 1 is 1.36 bits per heavy atom. The molecule has 0 radical (unpaired) electrons. The highest BCUT2D eigenvalue weighted by molar-refractivity contribution is 5.89. The van der Waals surface area contributed by atoms with Gasteiger partial charge in [-0.05, 0) is 30.4 Å². The zero-order valence-corrected chi connectivity index (χ0v) is 14.1. The van der Waals surface area contributed by atoms with E-state index in [1.165, 1.54) is 30.7 Å². The van der Waals surface area contributed by atoms with E-state index in [1.54, 1.807) is 6.07 Å². The van der Waals surface area contributed by atoms with Gasteiger partial charge in [-0.15, -0.1) is 0 Å². The number of rotatable bonds is 6. The molecule has 0 aromatic heterocycles. The van der Waals surface area contributed by atoms with Crippen LogP contribution in [0, 0.1) is 16.0 Å². The van der Waals surface area contributed by atoms with E-state index in [1.807, 2.05) is 0 Å². The molecule has 1 saturated carbocycles. The maximum absolute atomic E-state index is 11.9. The highest BCUT2D eigenvalue weighted by Gasteiger charge is 2.22. The first-order valence-corrected chi connectivity index (χ1v) is 8.34. The molecule has 1 aromatic carbocycles. The predicted octanol–water partition coefficient (Wildman–Crippen LogP) is 2.85. The molecule has 1 fully saturated rings. The van der Waals surface area contributed by atoms with Gasteiger partial charge in [-0.25, -0.2) is 4.79 Å². The van der Waals surface area contributed by atoms with E-state index in [0.717, 1.165) is 25.3 Å². The van der Waals surface area contributed by atoms with Crippen molar-refractivity contribution in [3.05, 3.63) is 46.0 Å². The van der Waals surface area contributed by atoms with Crippen LogP contribution in [0.1, 0.15) is 38.2 Å². The van der Waals surface area contributed by atoms with Crippen LogP contribution in [0.2, 0.25) is 0 Å². The van der Waals surface area contributed by atoms with Crippen LogP contribution < -0.4 is 5.32 Å². The fourth-order valence-corrected chi connectivity index (χ4v) is 2.87. The summed E-state index contributed by atoms with van der Waals surface area (Å²) in [6.07, 6.45) is 6.89. The molecule has 0 saturated heterocycles. The summed E-state index contributed by atoms with van der Waals surface area (Å²) in [5, 5.41) is 13.6. The number of amides is 1. The summed E-state index contributed by atoms with van der Waals surface area (Å²) in [7, 11) is 0. The van der Waals surface area contributed by atoms with Crippen molar-refractivity contribution in [3.63, 3.8) is 0 Å². The maximum atomic E-state index is 11.9. The number of nitro benzene ring substituents is 1. The average molecular weight is 346 g/mol. The summed E-state index contributed by atoms with van der Waals surface area (Å²) in [4.78, 5) is 33.7. The van der Waals surface area contributed by atoms with Crippen molar-refractivity contribution < 1.29 is 19.2 Å². The fraction of sp³-hybridized carbons (Fsp3) is 0.444. The number of benzene rings is 1. The van der Waals surface area contributed by atoms with E-state index in [-0.39, 0.29) is 24.2 Å². The summed E-state index contributed by atoms with van der Waals surface area (Å²) in [5.74, 6) is -0.545. The molecule has 1 amide bonds. The number of ether oxygens (including phenoxy) is 1. The molecule has 1 aliphatic rings. The molecule has 7 nitrogen and oxygen atoms in total. The third kappa shape index (κ3) is 6.02. The second-order valence-corrected chi connectivity index (χ2v) is 6.23. The van der Waals surface area contributed by atoms with Crippen LogP contribution in [-0.2, 0) is 14.3 Å². The molecule has 0 aliphatic heterocycles. The topological polar surface area (TPSA) is 98.5 Å². The van der Waals surface area contributed by atoms with Crippen LogP contribution in [0.25, 0.3) is 6.08 Å². The molecule has 0 unspecified atom stereocenters. The molecule has 0 spiro atoms. The Morgan fingerprint density at radius 2 is 2.12 bits per heavy atom. The van der Waals surface area contributed by atoms with Crippen molar-refractivity contribution in [2.24, 2.45) is 5.92 Å². The van der Waals surface area contributed by atoms with E-state index >= 15 is 0 Å². The number of non-ortho nitro benzene ring substituents is 1. The summed E-state index contributed by atoms with van der Waals surface area (Å²) in [5.41, 5.74) is 0.447. The van der Waals surface area contributed by atoms with Crippen molar-refractivity contribution in [3.8, 4) is 0 Å². The van der Waals surface area contributed by atoms with Crippen molar-refractivity contribution in [2.45, 2.75) is 38.6 Å². The fourth-order valence-electron chi connectivity index (χ4n) is 2.87. The van der Waals surface area contributed by atoms with Gasteiger partial charge in [0.15, 0.2) is 6.61 Å². The minimum atomic E-state index is -0.668. The lowest BCUT2D eigenvalue weighted by molar-refractivity contribution is -0.384. The zero-order valence-electron chi connectivity index (χ0n) is 14.1. The first kappa shape index (κ1) is 18.6. The van der Waals surface area contributed by atoms with Gasteiger partial charge in [0.2, 0.25) is 0 Å². The Kier molecular flexibility index (Phi) is 6.68. The van der Waals surface area contributed by atoms with Gasteiger partial charge in [0.05, 0.1) is 4.92 Å². The van der Waals surface area contributed by atoms with Crippen LogP contribution in [0.4, 0.5) is 5.69 Å². The second-order valence-electron chi connectivity index (χ2n) is 6.23. The van der Waals surface area contributed by atoms with Gasteiger partial charge < -0.3 is 10.1 Å². The summed E-state index contributed by atoms with van der Waals surface area (Å²) < 4.78 is 4.91. The monoisotopic (exact) mass is 346 g/mol. The van der Waals surface area contributed by atoms with E-state index in [0.29, 0.717) is 11.5 Å². The Balaban J connectivity index is 1.79. The third-order valence-corrected chi connectivity index (χ3v) is 4.30. The minimum Gasteiger partial charge on any atom is -0.452 e. The van der Waals surface area contributed by atoms with Gasteiger partial charge in [0, 0.05) is 24.3 Å². The lowest BCUT2D eigenvalue weighted by Gasteiger charge is -2.29. The first-order valence-electron chi connectivity index (χ1n) is 8.34. The molecule has 25 heavy (non-hydrogen) atoms. The van der Waals surface area contributed by atoms with Crippen molar-refractivity contribution in [1.82, 2.24) is 5.32 Å². The lowest BCUT2D eigenvalue weighted by Crippen LogP contribution is -2.42. The number of nitrogens with one attached hydrogen (secondary N) is 1. The second kappa shape index (κ2) is 8.96. The molecule has 0 bridgehead atoms. The molecule has 2 rings (SSSR count). The van der Waals surface area contributed by atoms with Crippen molar-refractivity contribution >= 4 is 23.6 Å². The number of hydrogen-bond acceptors (Lipinski definition) is 5. The maximum Gasteiger partial charge on any atom is 0.331 e. The molecule has 0 heterocycles. The van der Waals surface area contributed by atoms with Gasteiger partial charge in [0.25, 0.3) is 11.6 Å². The Hall–Kier alpha value is -2.70. The van der Waals surface area contributed by atoms with Crippen LogP contribution in [0.5, 0.6) is 0 Å². The van der Waals surface area contributed by atoms with E-state index < -0.39 is 10.9 Å². The molecule has 1 aliphatic carbocycles. The molecule has 7 heteroatoms. The molecule has 134 valence electrons. The summed E-state index contributed by atoms with van der Waals surface area (Å²) >= 11 is 0. The largest absolute Gasteiger partial charge is 0.452 e. The van der Waals surface area contributed by atoms with Gasteiger partial charge in [-0.2, -0.15) is 0 Å². The Bertz CT molecular complexity index is 671. The van der Waals surface area contributed by atoms with Crippen molar-refractivity contribution in [1.29, 1.82) is 0 Å². The van der Waals surface area contributed by atoms with Gasteiger partial charge in [0.1, 0.15) is 0 Å². The van der Waals surface area contributed by atoms with Crippen molar-refractivity contribution in [2.75, 3.05) is 6.61 Å². The average Bonchev–Trinajstić information content (AvgIpc) is 2.60. The summed E-state index contributed by atoms with van der Waals surface area (Å²) in [6, 6.07) is 6.02. The van der Waals surface area contributed by atoms with Crippen LogP contribution in [0.3, 0.4) is 0 Å². The van der Waals surface area contributed by atoms with Gasteiger partial charge >= 0.3 is 5.97 Å². The molecule has 1 aromatic rings. The SMILES string of the molecule is C[C@@H]1CCCC[C@H]1NC(=O)COC(=O)/C=C/c1cccc([N+](=O)[O-])c1. The van der Waals surface area contributed by atoms with E-state index in [4.69, 9.17) is 4.74 Å². The summed E-state index contributed by atoms with van der Waals surface area (Å²) in [6.45, 7) is 1.78. The zero-order chi connectivity index (χ0) is 18.2. The molecular weight excluding hydrogens is 324 g/mol. The molecule has 1 N–H and O–H groups in total. The number of carbonyl (C=O) groups excluding carboxylic acids is 2. The molecular formula is C18H22N2O5. The van der Waals surface area contributed by atoms with Gasteiger partial charge in [-0.1, -0.05) is 31.9 Å². The number of nitro groups is 1. The van der Waals surface area contributed by atoms with Crippen LogP contribution in [-0.4, -0.2) is 29.4 Å². The van der Waals surface area contributed by atoms with Crippen LogP contribution >= 0.6 is 0 Å². The van der Waals surface area contributed by atoms with E-state index in [9.17, 15) is 19.7 Å². The third-order valence-electron chi connectivity index (χ3n) is 4.30. The van der Waals surface area contributed by atoms with E-state index in [2.05, 4.69) is 12.2 Å². The highest BCUT2D eigenvalue weighted by atomic mass is 16.6. The van der Waals surface area contributed by atoms with Crippen LogP contribution in [0.15, 0.2) is 30.3 Å². The smallest absolute Gasteiger partial charge is 0.331 e.